The Balaban J connectivity index is 0.00000154. The first-order valence-electron chi connectivity index (χ1n) is 4.92. The predicted octanol–water partition coefficient (Wildman–Crippen LogP) is 1.58. The van der Waals surface area contributed by atoms with Crippen molar-refractivity contribution in [3.8, 4) is 5.75 Å². The molecule has 1 heterocycles. The first kappa shape index (κ1) is 18.6. The van der Waals surface area contributed by atoms with Crippen LogP contribution in [0.15, 0.2) is 11.3 Å². The van der Waals surface area contributed by atoms with Crippen molar-refractivity contribution in [1.29, 1.82) is 0 Å². The van der Waals surface area contributed by atoms with Gasteiger partial charge in [0, 0.05) is 11.8 Å². The average Bonchev–Trinajstić information content (AvgIpc) is 2.45. The second kappa shape index (κ2) is 10.4. The molecule has 9 heteroatoms. The molecule has 0 aliphatic carbocycles. The van der Waals surface area contributed by atoms with E-state index in [0.29, 0.717) is 21.1 Å². The standard InChI is InChI=1S/C10H13N3O2S2.ClH.Mn/c1-6-9(15)8(7(5-14)3-11-6)4-12-13-10(16)17-2;;/h3-4,14-15H,5H2,1-2H3,(H,13,16);1H;/q;;+2. The zero-order valence-electron chi connectivity index (χ0n) is 10.3. The van der Waals surface area contributed by atoms with Gasteiger partial charge < -0.3 is 10.2 Å². The van der Waals surface area contributed by atoms with Gasteiger partial charge in [-0.15, -0.1) is 0 Å². The molecule has 0 amide bonds. The number of pyridine rings is 1. The van der Waals surface area contributed by atoms with Crippen molar-refractivity contribution < 1.29 is 25.3 Å². The Hall–Kier alpha value is -0.371. The van der Waals surface area contributed by atoms with Crippen LogP contribution in [0.2, 0.25) is 0 Å². The molecule has 0 atom stereocenters. The van der Waals surface area contributed by atoms with Crippen LogP contribution >= 0.6 is 34.1 Å². The molecule has 0 bridgehead atoms. The van der Waals surface area contributed by atoms with Gasteiger partial charge in [-0.25, -0.2) is 0 Å². The van der Waals surface area contributed by atoms with Gasteiger partial charge in [0.15, 0.2) is 4.32 Å². The molecule has 0 aliphatic heterocycles. The van der Waals surface area contributed by atoms with E-state index in [9.17, 15) is 0 Å². The second-order valence-corrected chi connectivity index (χ2v) is 4.66. The first-order chi connectivity index (χ1) is 9.10. The number of hydrogen-bond acceptors (Lipinski definition) is 5. The number of halogens is 1. The molecule has 0 saturated carbocycles. The number of nitrogens with zero attached hydrogens (tertiary/aromatic N) is 2. The van der Waals surface area contributed by atoms with E-state index in [-0.39, 0.29) is 12.4 Å². The van der Waals surface area contributed by atoms with Crippen molar-refractivity contribution >= 4 is 44.6 Å². The van der Waals surface area contributed by atoms with E-state index in [1.165, 1.54) is 18.0 Å². The van der Waals surface area contributed by atoms with Gasteiger partial charge in [-0.05, 0) is 13.2 Å². The summed E-state index contributed by atoms with van der Waals surface area (Å²) in [4.78, 5) is 4.01. The minimum atomic E-state index is -0.173. The Bertz CT molecular complexity index is 461. The fourth-order valence-electron chi connectivity index (χ4n) is 1.13. The maximum atomic E-state index is 9.15. The van der Waals surface area contributed by atoms with Crippen LogP contribution in [0.25, 0.3) is 0 Å². The van der Waals surface area contributed by atoms with Crippen LogP contribution < -0.4 is 5.43 Å². The fourth-order valence-corrected chi connectivity index (χ4v) is 1.33. The third-order valence-corrected chi connectivity index (χ3v) is 3.15. The Morgan fingerprint density at radius 3 is 2.89 bits per heavy atom. The van der Waals surface area contributed by atoms with E-state index in [4.69, 9.17) is 22.4 Å². The number of rotatable bonds is 3. The Labute approximate surface area is 133 Å². The van der Waals surface area contributed by atoms with Gasteiger partial charge >= 0.3 is 25.2 Å². The van der Waals surface area contributed by atoms with Crippen molar-refractivity contribution in [3.63, 3.8) is 0 Å². The van der Waals surface area contributed by atoms with Crippen molar-refractivity contribution in [2.24, 2.45) is 5.10 Å². The number of nitrogens with one attached hydrogen (secondary N) is 1. The summed E-state index contributed by atoms with van der Waals surface area (Å²) in [6.07, 6.45) is 4.86. The van der Waals surface area contributed by atoms with Gasteiger partial charge in [0.1, 0.15) is 5.69 Å². The summed E-state index contributed by atoms with van der Waals surface area (Å²) in [5.41, 5.74) is 4.37. The molecule has 0 aromatic carbocycles. The van der Waals surface area contributed by atoms with E-state index in [0.717, 1.165) is 0 Å². The summed E-state index contributed by atoms with van der Waals surface area (Å²) in [5.74, 6) is 0.261. The van der Waals surface area contributed by atoms with Crippen LogP contribution in [0.5, 0.6) is 5.75 Å². The van der Waals surface area contributed by atoms with Gasteiger partial charge in [0.2, 0.25) is 0 Å². The number of hydrogen-bond donors (Lipinski definition) is 2. The Morgan fingerprint density at radius 1 is 1.74 bits per heavy atom. The van der Waals surface area contributed by atoms with Crippen molar-refractivity contribution in [3.05, 3.63) is 23.0 Å². The normalized spacial score (nSPS) is 9.89. The van der Waals surface area contributed by atoms with Crippen LogP contribution in [0.3, 0.4) is 0 Å². The van der Waals surface area contributed by atoms with Crippen molar-refractivity contribution in [2.75, 3.05) is 6.26 Å². The Kier molecular flexibility index (Phi) is 10.2. The molecule has 0 fully saturated rings. The molecule has 0 radical (unpaired) electrons. The predicted molar refractivity (Wildman–Crippen MR) is 80.7 cm³/mol. The summed E-state index contributed by atoms with van der Waals surface area (Å²) in [7, 11) is 4.45. The number of thiocarbonyl (C=S) groups is 1. The quantitative estimate of drug-likeness (QED) is 0.280. The number of aryl methyl sites for hydroxylation is 1. The molecule has 4 N–H and O–H groups in total. The summed E-state index contributed by atoms with van der Waals surface area (Å²) in [5, 5.41) is 20.9. The van der Waals surface area contributed by atoms with Gasteiger partial charge in [-0.1, -0.05) is 24.0 Å². The van der Waals surface area contributed by atoms with E-state index in [2.05, 4.69) is 40.7 Å². The fraction of sp³-hybridized carbons (Fsp3) is 0.300. The molecule has 0 unspecified atom stereocenters. The molecule has 0 aliphatic rings. The first-order valence-corrected chi connectivity index (χ1v) is 8.18. The number of hydrazone groups is 1. The molecular formula is C10H14ClMnN3O2S2+2. The molecule has 1 aromatic heterocycles. The van der Waals surface area contributed by atoms with Gasteiger partial charge in [0.25, 0.3) is 5.75 Å². The zero-order valence-corrected chi connectivity index (χ0v) is 13.8. The average molecular weight is 363 g/mol. The molecule has 105 valence electrons. The molecule has 0 saturated heterocycles. The summed E-state index contributed by atoms with van der Waals surface area (Å²) in [6.45, 7) is 1.56. The summed E-state index contributed by atoms with van der Waals surface area (Å²) < 4.78 is 0.545. The molecule has 1 rings (SSSR count). The third-order valence-electron chi connectivity index (χ3n) is 2.10. The second-order valence-electron chi connectivity index (χ2n) is 3.18. The molecule has 5 nitrogen and oxygen atoms in total. The number of aliphatic hydroxyl groups is 1. The Morgan fingerprint density at radius 2 is 2.37 bits per heavy atom. The number of aliphatic hydroxyl groups excluding tert-OH is 1. The summed E-state index contributed by atoms with van der Waals surface area (Å²) in [6, 6.07) is 0. The SMILES string of the molecule is CSC(=S)NN=Cc1c(CO)cnc(C)c1[OH2+].[Cl][Mn+]. The van der Waals surface area contributed by atoms with Crippen LogP contribution in [-0.4, -0.2) is 32.0 Å². The number of thioether (sulfide) groups is 1. The van der Waals surface area contributed by atoms with Gasteiger partial charge in [0.05, 0.1) is 18.4 Å². The minimum absolute atomic E-state index is 0.173. The van der Waals surface area contributed by atoms with Crippen molar-refractivity contribution in [2.45, 2.75) is 13.5 Å². The third kappa shape index (κ3) is 6.07. The van der Waals surface area contributed by atoms with Gasteiger partial charge in [-0.2, -0.15) is 5.10 Å². The van der Waals surface area contributed by atoms with Crippen LogP contribution in [0.1, 0.15) is 16.8 Å². The monoisotopic (exact) mass is 362 g/mol. The van der Waals surface area contributed by atoms with Crippen LogP contribution in [0, 0.1) is 6.92 Å². The van der Waals surface area contributed by atoms with E-state index >= 15 is 0 Å². The zero-order chi connectivity index (χ0) is 14.8. The van der Waals surface area contributed by atoms with E-state index < -0.39 is 0 Å². The molecular weight excluding hydrogens is 349 g/mol. The van der Waals surface area contributed by atoms with E-state index in [1.807, 2.05) is 6.26 Å². The van der Waals surface area contributed by atoms with Crippen molar-refractivity contribution in [1.82, 2.24) is 10.4 Å². The molecule has 0 spiro atoms. The van der Waals surface area contributed by atoms with Crippen LogP contribution in [0.4, 0.5) is 0 Å². The van der Waals surface area contributed by atoms with E-state index in [1.54, 1.807) is 13.1 Å². The molecule has 19 heavy (non-hydrogen) atoms. The van der Waals surface area contributed by atoms with Gasteiger partial charge in [-0.3, -0.25) is 10.4 Å². The maximum absolute atomic E-state index is 9.15. The van der Waals surface area contributed by atoms with Crippen LogP contribution in [-0.2, 0) is 21.7 Å². The number of aromatic nitrogens is 1. The summed E-state index contributed by atoms with van der Waals surface area (Å²) >= 11 is 8.70. The topological polar surface area (TPSA) is 80.4 Å². The molecule has 1 aromatic rings.